The van der Waals surface area contributed by atoms with E-state index in [9.17, 15) is 18.0 Å². The Morgan fingerprint density at radius 2 is 2.17 bits per heavy atom. The number of aromatic nitrogens is 1. The van der Waals surface area contributed by atoms with Crippen LogP contribution >= 0.6 is 15.9 Å². The van der Waals surface area contributed by atoms with Crippen molar-refractivity contribution in [2.75, 3.05) is 7.11 Å². The quantitative estimate of drug-likeness (QED) is 0.860. The molecular weight excluding hydrogens is 323 g/mol. The molecule has 1 aromatic rings. The summed E-state index contributed by atoms with van der Waals surface area (Å²) < 4.78 is 44.7. The molecule has 1 rings (SSSR count). The van der Waals surface area contributed by atoms with Gasteiger partial charge >= 0.3 is 12.3 Å². The molecule has 0 aliphatic carbocycles. The molecule has 0 fully saturated rings. The summed E-state index contributed by atoms with van der Waals surface area (Å²) in [6.45, 7) is 0. The SMILES string of the molecule is COc1cnc(OC(F)(F)F)c(CBr)c1C(=O)O. The molecule has 0 saturated heterocycles. The monoisotopic (exact) mass is 329 g/mol. The van der Waals surface area contributed by atoms with Crippen LogP contribution < -0.4 is 9.47 Å². The van der Waals surface area contributed by atoms with E-state index in [1.54, 1.807) is 0 Å². The highest BCUT2D eigenvalue weighted by molar-refractivity contribution is 9.08. The van der Waals surface area contributed by atoms with Gasteiger partial charge in [-0.1, -0.05) is 15.9 Å². The zero-order chi connectivity index (χ0) is 13.9. The zero-order valence-corrected chi connectivity index (χ0v) is 10.5. The molecule has 0 aliphatic heterocycles. The van der Waals surface area contributed by atoms with Crippen LogP contribution in [0.15, 0.2) is 6.20 Å². The molecular formula is C9H7BrF3NO4. The van der Waals surface area contributed by atoms with Gasteiger partial charge in [0.15, 0.2) is 5.75 Å². The van der Waals surface area contributed by atoms with Crippen LogP contribution in [0.2, 0.25) is 0 Å². The third-order valence-electron chi connectivity index (χ3n) is 1.89. The summed E-state index contributed by atoms with van der Waals surface area (Å²) in [6.07, 6.45) is -4.09. The molecule has 1 N–H and O–H groups in total. The van der Waals surface area contributed by atoms with Crippen molar-refractivity contribution in [2.24, 2.45) is 0 Å². The van der Waals surface area contributed by atoms with Crippen molar-refractivity contribution in [3.05, 3.63) is 17.3 Å². The van der Waals surface area contributed by atoms with Crippen molar-refractivity contribution in [2.45, 2.75) is 11.7 Å². The van der Waals surface area contributed by atoms with Gasteiger partial charge in [-0.25, -0.2) is 9.78 Å². The number of hydrogen-bond acceptors (Lipinski definition) is 4. The number of methoxy groups -OCH3 is 1. The molecule has 0 spiro atoms. The number of hydrogen-bond donors (Lipinski definition) is 1. The molecule has 0 bridgehead atoms. The third kappa shape index (κ3) is 3.25. The fraction of sp³-hybridized carbons (Fsp3) is 0.333. The highest BCUT2D eigenvalue weighted by atomic mass is 79.9. The largest absolute Gasteiger partial charge is 0.574 e. The van der Waals surface area contributed by atoms with Gasteiger partial charge in [0.1, 0.15) is 5.56 Å². The molecule has 100 valence electrons. The maximum atomic E-state index is 12.1. The standard InChI is InChI=1S/C9H7BrF3NO4/c1-17-5-3-14-7(18-9(11,12)13)4(2-10)6(5)8(15)16/h3H,2H2,1H3,(H,15,16). The Morgan fingerprint density at radius 1 is 1.56 bits per heavy atom. The van der Waals surface area contributed by atoms with E-state index in [0.29, 0.717) is 0 Å². The minimum Gasteiger partial charge on any atom is -0.494 e. The van der Waals surface area contributed by atoms with Gasteiger partial charge in [-0.3, -0.25) is 0 Å². The molecule has 0 unspecified atom stereocenters. The first kappa shape index (κ1) is 14.6. The van der Waals surface area contributed by atoms with Crippen molar-refractivity contribution >= 4 is 21.9 Å². The molecule has 1 heterocycles. The van der Waals surface area contributed by atoms with Crippen LogP contribution in [0.4, 0.5) is 13.2 Å². The van der Waals surface area contributed by atoms with Crippen LogP contribution in [0.25, 0.3) is 0 Å². The molecule has 18 heavy (non-hydrogen) atoms. The van der Waals surface area contributed by atoms with Crippen molar-refractivity contribution in [3.63, 3.8) is 0 Å². The number of carboxylic acids is 1. The average molecular weight is 330 g/mol. The molecule has 9 heteroatoms. The van der Waals surface area contributed by atoms with E-state index < -0.39 is 23.8 Å². The van der Waals surface area contributed by atoms with Gasteiger partial charge in [-0.05, 0) is 0 Å². The predicted molar refractivity (Wildman–Crippen MR) is 57.1 cm³/mol. The summed E-state index contributed by atoms with van der Waals surface area (Å²) in [7, 11) is 1.19. The van der Waals surface area contributed by atoms with Gasteiger partial charge < -0.3 is 14.6 Å². The van der Waals surface area contributed by atoms with Gasteiger partial charge in [0.2, 0.25) is 5.88 Å². The van der Waals surface area contributed by atoms with Gasteiger partial charge in [0, 0.05) is 10.9 Å². The number of aromatic carboxylic acids is 1. The second kappa shape index (κ2) is 5.42. The summed E-state index contributed by atoms with van der Waals surface area (Å²) in [5, 5.41) is 8.79. The Kier molecular flexibility index (Phi) is 4.38. The van der Waals surface area contributed by atoms with Crippen molar-refractivity contribution in [1.29, 1.82) is 0 Å². The average Bonchev–Trinajstić information content (AvgIpc) is 2.26. The van der Waals surface area contributed by atoms with E-state index >= 15 is 0 Å². The first-order valence-corrected chi connectivity index (χ1v) is 5.53. The van der Waals surface area contributed by atoms with Gasteiger partial charge in [-0.2, -0.15) is 0 Å². The Morgan fingerprint density at radius 3 is 2.56 bits per heavy atom. The highest BCUT2D eigenvalue weighted by Gasteiger charge is 2.34. The van der Waals surface area contributed by atoms with E-state index in [-0.39, 0.29) is 16.6 Å². The van der Waals surface area contributed by atoms with Crippen LogP contribution in [0, 0.1) is 0 Å². The lowest BCUT2D eigenvalue weighted by molar-refractivity contribution is -0.276. The Bertz CT molecular complexity index is 464. The number of alkyl halides is 4. The van der Waals surface area contributed by atoms with E-state index in [0.717, 1.165) is 6.20 Å². The lowest BCUT2D eigenvalue weighted by Gasteiger charge is -2.14. The number of carboxylic acid groups (broad SMARTS) is 1. The summed E-state index contributed by atoms with van der Waals surface area (Å²) in [5.41, 5.74) is -0.678. The normalized spacial score (nSPS) is 11.2. The summed E-state index contributed by atoms with van der Waals surface area (Å²) in [5.74, 6) is -2.40. The van der Waals surface area contributed by atoms with Crippen LogP contribution in [0.1, 0.15) is 15.9 Å². The topological polar surface area (TPSA) is 68.7 Å². The molecule has 1 aromatic heterocycles. The molecule has 0 aromatic carbocycles. The Balaban J connectivity index is 3.38. The van der Waals surface area contributed by atoms with Gasteiger partial charge in [0.05, 0.1) is 13.3 Å². The second-order valence-corrected chi connectivity index (χ2v) is 3.53. The molecule has 0 radical (unpaired) electrons. The number of rotatable bonds is 4. The Hall–Kier alpha value is -1.51. The van der Waals surface area contributed by atoms with Crippen LogP contribution in [0.3, 0.4) is 0 Å². The molecule has 0 amide bonds. The molecule has 5 nitrogen and oxygen atoms in total. The van der Waals surface area contributed by atoms with Crippen LogP contribution in [0.5, 0.6) is 11.6 Å². The minimum absolute atomic E-state index is 0.147. The fourth-order valence-corrected chi connectivity index (χ4v) is 1.75. The van der Waals surface area contributed by atoms with Gasteiger partial charge in [-0.15, -0.1) is 13.2 Å². The zero-order valence-electron chi connectivity index (χ0n) is 8.92. The molecule has 0 aliphatic rings. The van der Waals surface area contributed by atoms with E-state index in [1.165, 1.54) is 7.11 Å². The minimum atomic E-state index is -4.95. The lowest BCUT2D eigenvalue weighted by atomic mass is 10.1. The van der Waals surface area contributed by atoms with E-state index in [2.05, 4.69) is 25.7 Å². The number of nitrogens with zero attached hydrogens (tertiary/aromatic N) is 1. The number of halogens is 4. The second-order valence-electron chi connectivity index (χ2n) is 2.97. The summed E-state index contributed by atoms with van der Waals surface area (Å²) in [6, 6.07) is 0. The predicted octanol–water partition coefficient (Wildman–Crippen LogP) is 2.58. The van der Waals surface area contributed by atoms with Crippen molar-refractivity contribution < 1.29 is 32.5 Å². The van der Waals surface area contributed by atoms with Gasteiger partial charge in [0.25, 0.3) is 0 Å². The third-order valence-corrected chi connectivity index (χ3v) is 2.45. The summed E-state index contributed by atoms with van der Waals surface area (Å²) in [4.78, 5) is 14.4. The maximum Gasteiger partial charge on any atom is 0.574 e. The first-order valence-electron chi connectivity index (χ1n) is 4.41. The van der Waals surface area contributed by atoms with Crippen molar-refractivity contribution in [1.82, 2.24) is 4.98 Å². The summed E-state index contributed by atoms with van der Waals surface area (Å²) >= 11 is 2.89. The smallest absolute Gasteiger partial charge is 0.494 e. The van der Waals surface area contributed by atoms with E-state index in [1.807, 2.05) is 0 Å². The number of ether oxygens (including phenoxy) is 2. The lowest BCUT2D eigenvalue weighted by Crippen LogP contribution is -2.20. The highest BCUT2D eigenvalue weighted by Crippen LogP contribution is 2.32. The maximum absolute atomic E-state index is 12.1. The first-order chi connectivity index (χ1) is 8.30. The molecule has 0 atom stereocenters. The Labute approximate surface area is 108 Å². The van der Waals surface area contributed by atoms with E-state index in [4.69, 9.17) is 9.84 Å². The number of carbonyl (C=O) groups is 1. The molecule has 0 saturated carbocycles. The fourth-order valence-electron chi connectivity index (χ4n) is 1.23. The number of pyridine rings is 1. The van der Waals surface area contributed by atoms with Crippen molar-refractivity contribution in [3.8, 4) is 11.6 Å². The van der Waals surface area contributed by atoms with Crippen LogP contribution in [-0.4, -0.2) is 29.5 Å². The van der Waals surface area contributed by atoms with Crippen LogP contribution in [-0.2, 0) is 5.33 Å².